The van der Waals surface area contributed by atoms with E-state index in [-0.39, 0.29) is 17.9 Å². The minimum absolute atomic E-state index is 0.120. The Morgan fingerprint density at radius 1 is 1.20 bits per heavy atom. The van der Waals surface area contributed by atoms with E-state index in [1.54, 1.807) is 26.0 Å². The molecule has 0 spiro atoms. The van der Waals surface area contributed by atoms with Crippen molar-refractivity contribution in [3.8, 4) is 0 Å². The van der Waals surface area contributed by atoms with Gasteiger partial charge in [-0.1, -0.05) is 51.5 Å². The molecule has 0 aromatic carbocycles. The van der Waals surface area contributed by atoms with Gasteiger partial charge in [0.05, 0.1) is 5.92 Å². The highest BCUT2D eigenvalue weighted by molar-refractivity contribution is 6.24. The lowest BCUT2D eigenvalue weighted by molar-refractivity contribution is -0.131. The number of aliphatic hydroxyl groups is 3. The molecule has 0 saturated carbocycles. The monoisotopic (exact) mass is 350 g/mol. The molecule has 3 N–H and O–H groups in total. The van der Waals surface area contributed by atoms with Crippen LogP contribution in [0.5, 0.6) is 0 Å². The lowest BCUT2D eigenvalue weighted by Gasteiger charge is -2.32. The van der Waals surface area contributed by atoms with Crippen LogP contribution in [0.15, 0.2) is 35.1 Å². The van der Waals surface area contributed by atoms with E-state index in [0.29, 0.717) is 0 Å². The first-order valence-electron chi connectivity index (χ1n) is 8.68. The molecule has 0 saturated heterocycles. The highest BCUT2D eigenvalue weighted by Gasteiger charge is 2.58. The third kappa shape index (κ3) is 4.28. The number of hydrogen-bond acceptors (Lipinski definition) is 5. The van der Waals surface area contributed by atoms with Crippen molar-refractivity contribution in [1.29, 1.82) is 0 Å². The average Bonchev–Trinajstić information content (AvgIpc) is 2.69. The van der Waals surface area contributed by atoms with Crippen LogP contribution in [0.1, 0.15) is 48.0 Å². The Hall–Kier alpha value is -1.72. The van der Waals surface area contributed by atoms with Crippen LogP contribution < -0.4 is 0 Å². The van der Waals surface area contributed by atoms with Crippen LogP contribution in [-0.4, -0.2) is 38.6 Å². The fraction of sp³-hybridized carbons (Fsp3) is 0.600. The van der Waals surface area contributed by atoms with E-state index >= 15 is 0 Å². The predicted octanol–water partition coefficient (Wildman–Crippen LogP) is 2.88. The Kier molecular flexibility index (Phi) is 6.91. The highest BCUT2D eigenvalue weighted by atomic mass is 16.4. The lowest BCUT2D eigenvalue weighted by Crippen LogP contribution is -2.48. The Labute approximate surface area is 149 Å². The predicted molar refractivity (Wildman–Crippen MR) is 97.0 cm³/mol. The summed E-state index contributed by atoms with van der Waals surface area (Å²) in [6.45, 7) is 10.7. The van der Waals surface area contributed by atoms with Gasteiger partial charge in [0.25, 0.3) is 0 Å². The molecule has 25 heavy (non-hydrogen) atoms. The zero-order valence-corrected chi connectivity index (χ0v) is 15.9. The van der Waals surface area contributed by atoms with Crippen molar-refractivity contribution in [2.45, 2.75) is 59.7 Å². The van der Waals surface area contributed by atoms with Gasteiger partial charge in [0, 0.05) is 5.92 Å². The summed E-state index contributed by atoms with van der Waals surface area (Å²) >= 11 is 0. The normalized spacial score (nSPS) is 25.4. The minimum Gasteiger partial charge on any atom is -0.508 e. The number of carbonyl (C=O) groups is 2. The molecule has 5 heteroatoms. The first kappa shape index (κ1) is 21.3. The Morgan fingerprint density at radius 3 is 2.20 bits per heavy atom. The molecule has 1 aliphatic rings. The van der Waals surface area contributed by atoms with Crippen LogP contribution >= 0.6 is 0 Å². The zero-order chi connectivity index (χ0) is 19.5. The quantitative estimate of drug-likeness (QED) is 0.485. The van der Waals surface area contributed by atoms with Crippen LogP contribution in [0.3, 0.4) is 0 Å². The number of hydrogen-bond donors (Lipinski definition) is 3. The first-order valence-corrected chi connectivity index (χ1v) is 8.68. The van der Waals surface area contributed by atoms with Gasteiger partial charge >= 0.3 is 0 Å². The second-order valence-electron chi connectivity index (χ2n) is 7.58. The summed E-state index contributed by atoms with van der Waals surface area (Å²) in [7, 11) is 0. The van der Waals surface area contributed by atoms with Gasteiger partial charge in [-0.3, -0.25) is 9.59 Å². The maximum atomic E-state index is 12.8. The Balaban J connectivity index is 3.44. The van der Waals surface area contributed by atoms with Gasteiger partial charge in [-0.15, -0.1) is 0 Å². The second-order valence-corrected chi connectivity index (χ2v) is 7.58. The van der Waals surface area contributed by atoms with Crippen molar-refractivity contribution in [2.24, 2.45) is 17.8 Å². The maximum Gasteiger partial charge on any atom is 0.176 e. The molecular formula is C20H30O5. The molecule has 0 heterocycles. The van der Waals surface area contributed by atoms with Crippen LogP contribution in [0, 0.1) is 17.8 Å². The van der Waals surface area contributed by atoms with E-state index in [2.05, 4.69) is 0 Å². The topological polar surface area (TPSA) is 94.8 Å². The fourth-order valence-electron chi connectivity index (χ4n) is 2.84. The van der Waals surface area contributed by atoms with Gasteiger partial charge < -0.3 is 15.3 Å². The Bertz CT molecular complexity index is 620. The van der Waals surface area contributed by atoms with E-state index < -0.39 is 40.9 Å². The first-order chi connectivity index (χ1) is 11.4. The average molecular weight is 350 g/mol. The lowest BCUT2D eigenvalue weighted by atomic mass is 9.81. The molecule has 140 valence electrons. The molecule has 0 aromatic rings. The third-order valence-corrected chi connectivity index (χ3v) is 4.37. The number of ketones is 2. The fourth-order valence-corrected chi connectivity index (χ4v) is 2.84. The molecular weight excluding hydrogens is 320 g/mol. The standard InChI is InChI=1S/C20H30O5/c1-11(2)7-9-14-18(23)16(17(22)13(5)6)19(24)20(14,25)15(21)10-8-12(3)4/h7-8,10,12-15,21,24-25H,9H2,1-6H3/b10-8+. The van der Waals surface area contributed by atoms with Gasteiger partial charge in [0.15, 0.2) is 17.2 Å². The molecule has 3 unspecified atom stereocenters. The molecule has 0 aliphatic heterocycles. The van der Waals surface area contributed by atoms with Crippen molar-refractivity contribution in [3.05, 3.63) is 35.1 Å². The molecule has 1 rings (SSSR count). The summed E-state index contributed by atoms with van der Waals surface area (Å²) in [6, 6.07) is 0. The smallest absolute Gasteiger partial charge is 0.176 e. The van der Waals surface area contributed by atoms with E-state index in [1.807, 2.05) is 27.7 Å². The molecule has 3 atom stereocenters. The van der Waals surface area contributed by atoms with Gasteiger partial charge in [-0.05, 0) is 26.2 Å². The third-order valence-electron chi connectivity index (χ3n) is 4.37. The summed E-state index contributed by atoms with van der Waals surface area (Å²) in [4.78, 5) is 25.1. The van der Waals surface area contributed by atoms with E-state index in [1.165, 1.54) is 6.08 Å². The molecule has 0 amide bonds. The van der Waals surface area contributed by atoms with Gasteiger partial charge in [0.1, 0.15) is 17.4 Å². The summed E-state index contributed by atoms with van der Waals surface area (Å²) in [5.74, 6) is -3.35. The molecule has 0 radical (unpaired) electrons. The van der Waals surface area contributed by atoms with Crippen molar-refractivity contribution in [3.63, 3.8) is 0 Å². The summed E-state index contributed by atoms with van der Waals surface area (Å²) in [5.41, 5.74) is -1.65. The van der Waals surface area contributed by atoms with Crippen molar-refractivity contribution >= 4 is 11.6 Å². The second kappa shape index (κ2) is 8.11. The van der Waals surface area contributed by atoms with E-state index in [4.69, 9.17) is 0 Å². The number of aliphatic hydroxyl groups excluding tert-OH is 2. The largest absolute Gasteiger partial charge is 0.508 e. The minimum atomic E-state index is -2.20. The molecule has 0 aromatic heterocycles. The van der Waals surface area contributed by atoms with Gasteiger partial charge in [-0.25, -0.2) is 0 Å². The molecule has 0 fully saturated rings. The van der Waals surface area contributed by atoms with Crippen LogP contribution in [0.4, 0.5) is 0 Å². The van der Waals surface area contributed by atoms with E-state index in [0.717, 1.165) is 5.57 Å². The number of carbonyl (C=O) groups excluding carboxylic acids is 2. The van der Waals surface area contributed by atoms with Crippen molar-refractivity contribution < 1.29 is 24.9 Å². The number of Topliss-reactive ketones (excluding diaryl/α,β-unsaturated/α-hetero) is 2. The maximum absolute atomic E-state index is 12.8. The summed E-state index contributed by atoms with van der Waals surface area (Å²) in [6.07, 6.45) is 3.44. The van der Waals surface area contributed by atoms with Gasteiger partial charge in [0.2, 0.25) is 0 Å². The van der Waals surface area contributed by atoms with Crippen LogP contribution in [0.25, 0.3) is 0 Å². The highest BCUT2D eigenvalue weighted by Crippen LogP contribution is 2.43. The summed E-state index contributed by atoms with van der Waals surface area (Å²) < 4.78 is 0. The van der Waals surface area contributed by atoms with Crippen molar-refractivity contribution in [1.82, 2.24) is 0 Å². The molecule has 1 aliphatic carbocycles. The van der Waals surface area contributed by atoms with Crippen molar-refractivity contribution in [2.75, 3.05) is 0 Å². The van der Waals surface area contributed by atoms with Crippen LogP contribution in [0.2, 0.25) is 0 Å². The number of allylic oxidation sites excluding steroid dienone is 4. The van der Waals surface area contributed by atoms with Gasteiger partial charge in [-0.2, -0.15) is 0 Å². The zero-order valence-electron chi connectivity index (χ0n) is 15.9. The summed E-state index contributed by atoms with van der Waals surface area (Å²) in [5, 5.41) is 32.1. The Morgan fingerprint density at radius 2 is 1.76 bits per heavy atom. The SMILES string of the molecule is CC(C)=CCC1C(=O)C(C(=O)C(C)C)=C(O)C1(O)C(O)/C=C/C(C)C. The molecule has 5 nitrogen and oxygen atoms in total. The van der Waals surface area contributed by atoms with Crippen LogP contribution in [-0.2, 0) is 9.59 Å². The molecule has 0 bridgehead atoms. The van der Waals surface area contributed by atoms with E-state index in [9.17, 15) is 24.9 Å². The number of rotatable bonds is 7.